The van der Waals surface area contributed by atoms with E-state index in [9.17, 15) is 22.4 Å². The molecule has 138 valence electrons. The molecule has 4 nitrogen and oxygen atoms in total. The maximum Gasteiger partial charge on any atom is 0.229 e. The molecule has 0 bridgehead atoms. The van der Waals surface area contributed by atoms with Crippen molar-refractivity contribution >= 4 is 23.1 Å². The summed E-state index contributed by atoms with van der Waals surface area (Å²) in [6.45, 7) is 0. The van der Waals surface area contributed by atoms with E-state index in [0.717, 1.165) is 12.1 Å². The highest BCUT2D eigenvalue weighted by Gasteiger charge is 2.13. The van der Waals surface area contributed by atoms with Crippen molar-refractivity contribution in [1.82, 2.24) is 4.98 Å². The van der Waals surface area contributed by atoms with E-state index in [1.54, 1.807) is 6.07 Å². The second-order valence-electron chi connectivity index (χ2n) is 5.63. The summed E-state index contributed by atoms with van der Waals surface area (Å²) < 4.78 is 52.9. The third-order valence-corrected chi connectivity index (χ3v) is 3.60. The molecular formula is C19H13F4N3O. The van der Waals surface area contributed by atoms with E-state index in [4.69, 9.17) is 0 Å². The number of benzene rings is 2. The van der Waals surface area contributed by atoms with Crippen molar-refractivity contribution in [2.24, 2.45) is 0 Å². The number of carbonyl (C=O) groups excluding carboxylic acids is 1. The Morgan fingerprint density at radius 2 is 1.78 bits per heavy atom. The molecule has 1 amide bonds. The van der Waals surface area contributed by atoms with Gasteiger partial charge in [0.2, 0.25) is 5.91 Å². The van der Waals surface area contributed by atoms with Crippen LogP contribution in [-0.4, -0.2) is 10.9 Å². The van der Waals surface area contributed by atoms with Gasteiger partial charge >= 0.3 is 0 Å². The molecule has 1 heterocycles. The molecule has 8 heteroatoms. The molecule has 3 rings (SSSR count). The number of rotatable bonds is 5. The summed E-state index contributed by atoms with van der Waals surface area (Å²) in [6, 6.07) is 10.5. The van der Waals surface area contributed by atoms with Gasteiger partial charge in [-0.1, -0.05) is 12.1 Å². The van der Waals surface area contributed by atoms with E-state index < -0.39 is 23.3 Å². The van der Waals surface area contributed by atoms with Crippen molar-refractivity contribution in [3.63, 3.8) is 0 Å². The monoisotopic (exact) mass is 375 g/mol. The fourth-order valence-corrected chi connectivity index (χ4v) is 2.34. The number of carbonyl (C=O) groups is 1. The van der Waals surface area contributed by atoms with Crippen LogP contribution in [0.25, 0.3) is 0 Å². The minimum atomic E-state index is -1.57. The van der Waals surface area contributed by atoms with Gasteiger partial charge in [-0.15, -0.1) is 0 Å². The van der Waals surface area contributed by atoms with Crippen molar-refractivity contribution < 1.29 is 22.4 Å². The van der Waals surface area contributed by atoms with Crippen LogP contribution in [0.4, 0.5) is 34.8 Å². The number of amides is 1. The van der Waals surface area contributed by atoms with Gasteiger partial charge in [-0.05, 0) is 42.0 Å². The lowest BCUT2D eigenvalue weighted by atomic mass is 10.1. The first-order valence-corrected chi connectivity index (χ1v) is 7.83. The van der Waals surface area contributed by atoms with E-state index in [1.807, 2.05) is 0 Å². The Morgan fingerprint density at radius 3 is 2.48 bits per heavy atom. The number of pyridine rings is 1. The van der Waals surface area contributed by atoms with Crippen molar-refractivity contribution in [3.05, 3.63) is 83.6 Å². The zero-order valence-electron chi connectivity index (χ0n) is 13.8. The van der Waals surface area contributed by atoms with Crippen LogP contribution in [0.2, 0.25) is 0 Å². The van der Waals surface area contributed by atoms with Gasteiger partial charge in [0.05, 0.1) is 24.0 Å². The van der Waals surface area contributed by atoms with E-state index >= 15 is 0 Å². The zero-order chi connectivity index (χ0) is 19.4. The van der Waals surface area contributed by atoms with Gasteiger partial charge in [-0.25, -0.2) is 22.5 Å². The highest BCUT2D eigenvalue weighted by atomic mass is 19.2. The van der Waals surface area contributed by atoms with Crippen molar-refractivity contribution in [1.29, 1.82) is 0 Å². The summed E-state index contributed by atoms with van der Waals surface area (Å²) >= 11 is 0. The highest BCUT2D eigenvalue weighted by Crippen LogP contribution is 2.23. The van der Waals surface area contributed by atoms with E-state index in [-0.39, 0.29) is 23.8 Å². The number of hydrogen-bond acceptors (Lipinski definition) is 3. The number of nitrogens with zero attached hydrogens (tertiary/aromatic N) is 1. The first-order valence-electron chi connectivity index (χ1n) is 7.83. The Bertz CT molecular complexity index is 977. The number of halogens is 4. The van der Waals surface area contributed by atoms with Gasteiger partial charge in [0, 0.05) is 0 Å². The third kappa shape index (κ3) is 4.60. The van der Waals surface area contributed by atoms with Crippen LogP contribution in [0.5, 0.6) is 0 Å². The molecule has 0 aliphatic carbocycles. The molecule has 0 fully saturated rings. The summed E-state index contributed by atoms with van der Waals surface area (Å²) in [4.78, 5) is 16.0. The summed E-state index contributed by atoms with van der Waals surface area (Å²) in [5.74, 6) is -4.80. The summed E-state index contributed by atoms with van der Waals surface area (Å²) in [5.41, 5.74) is 0.571. The highest BCUT2D eigenvalue weighted by molar-refractivity contribution is 5.91. The van der Waals surface area contributed by atoms with Gasteiger partial charge in [-0.3, -0.25) is 4.79 Å². The van der Waals surface area contributed by atoms with E-state index in [2.05, 4.69) is 15.6 Å². The van der Waals surface area contributed by atoms with E-state index in [1.165, 1.54) is 36.5 Å². The third-order valence-electron chi connectivity index (χ3n) is 3.60. The lowest BCUT2D eigenvalue weighted by Crippen LogP contribution is -2.15. The molecular weight excluding hydrogens is 362 g/mol. The van der Waals surface area contributed by atoms with Gasteiger partial charge < -0.3 is 10.6 Å². The predicted octanol–water partition coefficient (Wildman–Crippen LogP) is 4.56. The molecule has 0 aliphatic heterocycles. The van der Waals surface area contributed by atoms with Crippen LogP contribution in [-0.2, 0) is 11.2 Å². The number of aromatic nitrogens is 1. The van der Waals surface area contributed by atoms with Gasteiger partial charge in [0.25, 0.3) is 0 Å². The van der Waals surface area contributed by atoms with Gasteiger partial charge in [0.1, 0.15) is 11.6 Å². The molecule has 0 spiro atoms. The van der Waals surface area contributed by atoms with Gasteiger partial charge in [-0.2, -0.15) is 0 Å². The molecule has 0 unspecified atom stereocenters. The van der Waals surface area contributed by atoms with Crippen LogP contribution >= 0.6 is 0 Å². The summed E-state index contributed by atoms with van der Waals surface area (Å²) in [7, 11) is 0. The minimum Gasteiger partial charge on any atom is -0.352 e. The molecule has 1 aromatic heterocycles. The van der Waals surface area contributed by atoms with Crippen molar-refractivity contribution in [2.75, 3.05) is 10.6 Å². The van der Waals surface area contributed by atoms with Crippen LogP contribution < -0.4 is 10.6 Å². The lowest BCUT2D eigenvalue weighted by Gasteiger charge is -2.09. The lowest BCUT2D eigenvalue weighted by molar-refractivity contribution is -0.115. The molecule has 0 aliphatic rings. The standard InChI is InChI=1S/C19H13F4N3O/c20-12-3-1-2-11(8-12)9-17(27)26-16-7-4-13(10-24-16)25-15-6-5-14(21)18(22)19(15)23/h1-8,10,25H,9H2,(H,24,26,27). The molecule has 2 aromatic carbocycles. The molecule has 27 heavy (non-hydrogen) atoms. The maximum absolute atomic E-state index is 13.7. The second kappa shape index (κ2) is 7.86. The number of anilines is 3. The van der Waals surface area contributed by atoms with Gasteiger partial charge in [0.15, 0.2) is 17.5 Å². The van der Waals surface area contributed by atoms with Crippen LogP contribution in [0.1, 0.15) is 5.56 Å². The second-order valence-corrected chi connectivity index (χ2v) is 5.63. The Hall–Kier alpha value is -3.42. The first kappa shape index (κ1) is 18.4. The molecule has 3 aromatic rings. The quantitative estimate of drug-likeness (QED) is 0.508. The number of hydrogen-bond donors (Lipinski definition) is 2. The smallest absolute Gasteiger partial charge is 0.229 e. The average Bonchev–Trinajstić information content (AvgIpc) is 2.64. The number of nitrogens with one attached hydrogen (secondary N) is 2. The fraction of sp³-hybridized carbons (Fsp3) is 0.0526. The van der Waals surface area contributed by atoms with Crippen molar-refractivity contribution in [2.45, 2.75) is 6.42 Å². The Labute approximate surface area is 151 Å². The maximum atomic E-state index is 13.7. The Morgan fingerprint density at radius 1 is 0.963 bits per heavy atom. The first-order chi connectivity index (χ1) is 12.9. The molecule has 2 N–H and O–H groups in total. The fourth-order valence-electron chi connectivity index (χ4n) is 2.34. The molecule has 0 saturated carbocycles. The van der Waals surface area contributed by atoms with Crippen LogP contribution in [0.3, 0.4) is 0 Å². The van der Waals surface area contributed by atoms with Crippen molar-refractivity contribution in [3.8, 4) is 0 Å². The predicted molar refractivity (Wildman–Crippen MR) is 92.6 cm³/mol. The summed E-state index contributed by atoms with van der Waals surface area (Å²) in [6.07, 6.45) is 1.26. The van der Waals surface area contributed by atoms with E-state index in [0.29, 0.717) is 11.3 Å². The van der Waals surface area contributed by atoms with Crippen LogP contribution in [0, 0.1) is 23.3 Å². The van der Waals surface area contributed by atoms with Crippen LogP contribution in [0.15, 0.2) is 54.7 Å². The Balaban J connectivity index is 1.63. The normalized spacial score (nSPS) is 10.5. The zero-order valence-corrected chi connectivity index (χ0v) is 13.8. The Kier molecular flexibility index (Phi) is 5.35. The molecule has 0 atom stereocenters. The average molecular weight is 375 g/mol. The topological polar surface area (TPSA) is 54.0 Å². The molecule has 0 saturated heterocycles. The minimum absolute atomic E-state index is 0.0283. The SMILES string of the molecule is O=C(Cc1cccc(F)c1)Nc1ccc(Nc2ccc(F)c(F)c2F)cn1. The summed E-state index contributed by atoms with van der Waals surface area (Å²) in [5, 5.41) is 5.11. The largest absolute Gasteiger partial charge is 0.352 e. The molecule has 0 radical (unpaired) electrons.